The average Bonchev–Trinajstić information content (AvgIpc) is 3.19. The van der Waals surface area contributed by atoms with Gasteiger partial charge in [0.25, 0.3) is 0 Å². The summed E-state index contributed by atoms with van der Waals surface area (Å²) < 4.78 is 5.32. The summed E-state index contributed by atoms with van der Waals surface area (Å²) in [7, 11) is 1.76. The molecule has 1 aliphatic rings. The maximum atomic E-state index is 11.9. The van der Waals surface area contributed by atoms with Crippen molar-refractivity contribution < 1.29 is 9.53 Å². The lowest BCUT2D eigenvalue weighted by atomic mass is 10.0. The summed E-state index contributed by atoms with van der Waals surface area (Å²) in [4.78, 5) is 16.1. The number of carbonyl (C=O) groups is 1. The molecule has 0 radical (unpaired) electrons. The van der Waals surface area contributed by atoms with Crippen LogP contribution in [0.3, 0.4) is 0 Å². The minimum atomic E-state index is -0.485. The molecule has 1 saturated carbocycles. The van der Waals surface area contributed by atoms with Crippen LogP contribution >= 0.6 is 24.0 Å². The van der Waals surface area contributed by atoms with E-state index in [0.717, 1.165) is 18.4 Å². The van der Waals surface area contributed by atoms with Gasteiger partial charge in [0.1, 0.15) is 5.60 Å². The zero-order valence-corrected chi connectivity index (χ0v) is 17.6. The Labute approximate surface area is 157 Å². The molecule has 0 spiro atoms. The van der Waals surface area contributed by atoms with Gasteiger partial charge in [0.05, 0.1) is 6.04 Å². The van der Waals surface area contributed by atoms with E-state index in [4.69, 9.17) is 4.74 Å². The van der Waals surface area contributed by atoms with Gasteiger partial charge in [-0.25, -0.2) is 4.79 Å². The Morgan fingerprint density at radius 3 is 2.30 bits per heavy atom. The molecule has 0 aromatic rings. The van der Waals surface area contributed by atoms with Crippen LogP contribution in [0.4, 0.5) is 4.79 Å². The molecule has 0 bridgehead atoms. The Bertz CT molecular complexity index is 390. The van der Waals surface area contributed by atoms with Crippen molar-refractivity contribution in [3.63, 3.8) is 0 Å². The van der Waals surface area contributed by atoms with Crippen LogP contribution in [0.1, 0.15) is 47.5 Å². The second-order valence-corrected chi connectivity index (χ2v) is 7.27. The minimum Gasteiger partial charge on any atom is -0.444 e. The highest BCUT2D eigenvalue weighted by atomic mass is 127. The van der Waals surface area contributed by atoms with Crippen LogP contribution in [0.5, 0.6) is 0 Å². The first-order chi connectivity index (χ1) is 10.2. The van der Waals surface area contributed by atoms with E-state index in [9.17, 15) is 4.79 Å². The zero-order chi connectivity index (χ0) is 16.8. The van der Waals surface area contributed by atoms with Crippen LogP contribution in [0.15, 0.2) is 4.99 Å². The third kappa shape index (κ3) is 10.6. The van der Waals surface area contributed by atoms with E-state index >= 15 is 0 Å². The maximum Gasteiger partial charge on any atom is 0.407 e. The summed E-state index contributed by atoms with van der Waals surface area (Å²) in [6.45, 7) is 11.3. The second-order valence-electron chi connectivity index (χ2n) is 7.27. The smallest absolute Gasteiger partial charge is 0.407 e. The van der Waals surface area contributed by atoms with Crippen molar-refractivity contribution in [3.8, 4) is 0 Å². The molecule has 1 atom stereocenters. The van der Waals surface area contributed by atoms with Gasteiger partial charge in [-0.05, 0) is 45.4 Å². The van der Waals surface area contributed by atoms with Gasteiger partial charge in [0, 0.05) is 20.1 Å². The highest BCUT2D eigenvalue weighted by molar-refractivity contribution is 14.0. The van der Waals surface area contributed by atoms with Crippen LogP contribution in [0.25, 0.3) is 0 Å². The SMILES string of the molecule is CN=C(NCC1CC1)NCC(NC(=O)OC(C)(C)C)C(C)C.I. The van der Waals surface area contributed by atoms with Crippen LogP contribution in [-0.2, 0) is 4.74 Å². The molecule has 0 heterocycles. The van der Waals surface area contributed by atoms with Crippen LogP contribution in [-0.4, -0.2) is 43.8 Å². The molecule has 3 N–H and O–H groups in total. The molecule has 7 heteroatoms. The van der Waals surface area contributed by atoms with E-state index in [1.807, 2.05) is 20.8 Å². The number of hydrogen-bond donors (Lipinski definition) is 3. The van der Waals surface area contributed by atoms with Crippen molar-refractivity contribution in [2.45, 2.75) is 59.1 Å². The monoisotopic (exact) mass is 440 g/mol. The summed E-state index contributed by atoms with van der Waals surface area (Å²) in [5.74, 6) is 1.87. The van der Waals surface area contributed by atoms with Gasteiger partial charge in [0.15, 0.2) is 5.96 Å². The fraction of sp³-hybridized carbons (Fsp3) is 0.875. The van der Waals surface area contributed by atoms with Gasteiger partial charge in [-0.2, -0.15) is 0 Å². The zero-order valence-electron chi connectivity index (χ0n) is 15.2. The first-order valence-corrected chi connectivity index (χ1v) is 8.15. The molecule has 6 nitrogen and oxygen atoms in total. The first-order valence-electron chi connectivity index (χ1n) is 8.15. The van der Waals surface area contributed by atoms with E-state index in [1.54, 1.807) is 7.05 Å². The van der Waals surface area contributed by atoms with Gasteiger partial charge in [-0.3, -0.25) is 4.99 Å². The fourth-order valence-electron chi connectivity index (χ4n) is 1.90. The van der Waals surface area contributed by atoms with E-state index in [-0.39, 0.29) is 36.1 Å². The molecule has 0 aromatic heterocycles. The number of amides is 1. The number of nitrogens with one attached hydrogen (secondary N) is 3. The highest BCUT2D eigenvalue weighted by Gasteiger charge is 2.23. The predicted molar refractivity (Wildman–Crippen MR) is 105 cm³/mol. The fourth-order valence-corrected chi connectivity index (χ4v) is 1.90. The Balaban J connectivity index is 0.00000484. The van der Waals surface area contributed by atoms with E-state index in [2.05, 4.69) is 34.8 Å². The minimum absolute atomic E-state index is 0. The number of nitrogens with zero attached hydrogens (tertiary/aromatic N) is 1. The van der Waals surface area contributed by atoms with E-state index in [1.165, 1.54) is 12.8 Å². The maximum absolute atomic E-state index is 11.9. The molecular formula is C16H33IN4O2. The van der Waals surface area contributed by atoms with Crippen LogP contribution in [0.2, 0.25) is 0 Å². The summed E-state index contributed by atoms with van der Waals surface area (Å²) in [5.41, 5.74) is -0.485. The number of hydrogen-bond acceptors (Lipinski definition) is 3. The topological polar surface area (TPSA) is 74.8 Å². The van der Waals surface area contributed by atoms with Crippen LogP contribution < -0.4 is 16.0 Å². The highest BCUT2D eigenvalue weighted by Crippen LogP contribution is 2.27. The van der Waals surface area contributed by atoms with Gasteiger partial charge < -0.3 is 20.7 Å². The molecule has 23 heavy (non-hydrogen) atoms. The van der Waals surface area contributed by atoms with Crippen molar-refractivity contribution in [2.75, 3.05) is 20.1 Å². The molecule has 136 valence electrons. The molecule has 1 amide bonds. The standard InChI is InChI=1S/C16H32N4O2.HI/c1-11(2)13(20-15(21)22-16(3,4)5)10-19-14(17-6)18-9-12-7-8-12;/h11-13H,7-10H2,1-6H3,(H,20,21)(H2,17,18,19);1H. The molecule has 1 aliphatic carbocycles. The van der Waals surface area contributed by atoms with Gasteiger partial charge in [-0.1, -0.05) is 13.8 Å². The molecule has 0 aromatic carbocycles. The largest absolute Gasteiger partial charge is 0.444 e. The first kappa shape index (κ1) is 22.3. The summed E-state index contributed by atoms with van der Waals surface area (Å²) in [6.07, 6.45) is 2.23. The Morgan fingerprint density at radius 1 is 1.26 bits per heavy atom. The van der Waals surface area contributed by atoms with Crippen molar-refractivity contribution in [3.05, 3.63) is 0 Å². The van der Waals surface area contributed by atoms with Gasteiger partial charge in [-0.15, -0.1) is 24.0 Å². The van der Waals surface area contributed by atoms with E-state index < -0.39 is 5.60 Å². The number of halogens is 1. The molecule has 0 saturated heterocycles. The number of alkyl carbamates (subject to hydrolysis) is 1. The van der Waals surface area contributed by atoms with Gasteiger partial charge in [0.2, 0.25) is 0 Å². The van der Waals surface area contributed by atoms with Gasteiger partial charge >= 0.3 is 6.09 Å². The van der Waals surface area contributed by atoms with Crippen molar-refractivity contribution in [1.29, 1.82) is 0 Å². The molecule has 1 rings (SSSR count). The molecule has 0 aliphatic heterocycles. The summed E-state index contributed by atoms with van der Waals surface area (Å²) in [6, 6.07) is -0.0191. The number of ether oxygens (including phenoxy) is 1. The summed E-state index contributed by atoms with van der Waals surface area (Å²) >= 11 is 0. The Morgan fingerprint density at radius 2 is 1.87 bits per heavy atom. The Hall–Kier alpha value is -0.730. The lowest BCUT2D eigenvalue weighted by Gasteiger charge is -2.26. The molecule has 1 fully saturated rings. The number of rotatable bonds is 6. The Kier molecular flexibility index (Phi) is 9.88. The third-order valence-corrected chi connectivity index (χ3v) is 3.48. The predicted octanol–water partition coefficient (Wildman–Crippen LogP) is 2.73. The lowest BCUT2D eigenvalue weighted by Crippen LogP contribution is -2.50. The van der Waals surface area contributed by atoms with Crippen LogP contribution in [0, 0.1) is 11.8 Å². The molecular weight excluding hydrogens is 407 g/mol. The number of guanidine groups is 1. The van der Waals surface area contributed by atoms with E-state index in [0.29, 0.717) is 12.5 Å². The van der Waals surface area contributed by atoms with Crippen molar-refractivity contribution >= 4 is 36.0 Å². The summed E-state index contributed by atoms with van der Waals surface area (Å²) in [5, 5.41) is 9.51. The lowest BCUT2D eigenvalue weighted by molar-refractivity contribution is 0.0491. The number of aliphatic imine (C=N–C) groups is 1. The third-order valence-electron chi connectivity index (χ3n) is 3.48. The van der Waals surface area contributed by atoms with Crippen molar-refractivity contribution in [2.24, 2.45) is 16.8 Å². The quantitative estimate of drug-likeness (QED) is 0.337. The molecule has 1 unspecified atom stereocenters. The van der Waals surface area contributed by atoms with Crippen molar-refractivity contribution in [1.82, 2.24) is 16.0 Å². The average molecular weight is 440 g/mol. The normalized spacial score (nSPS) is 16.4. The second kappa shape index (κ2) is 10.2. The number of carbonyl (C=O) groups excluding carboxylic acids is 1.